The van der Waals surface area contributed by atoms with Crippen molar-refractivity contribution < 1.29 is 13.9 Å². The molecule has 0 aliphatic carbocycles. The molecule has 0 saturated carbocycles. The molecule has 0 unspecified atom stereocenters. The zero-order valence-electron chi connectivity index (χ0n) is 10.5. The minimum Gasteiger partial charge on any atom is -0.494 e. The van der Waals surface area contributed by atoms with E-state index < -0.39 is 5.82 Å². The highest BCUT2D eigenvalue weighted by molar-refractivity contribution is 9.10. The molecule has 2 aromatic carbocycles. The zero-order chi connectivity index (χ0) is 14.0. The SMILES string of the molecule is COc1ccc(C(=O)c2cccc(C)c2Br)cc1F. The molecule has 19 heavy (non-hydrogen) atoms. The molecule has 0 aromatic heterocycles. The van der Waals surface area contributed by atoms with Crippen molar-refractivity contribution in [3.05, 3.63) is 63.4 Å². The van der Waals surface area contributed by atoms with Crippen LogP contribution < -0.4 is 4.74 Å². The third-order valence-corrected chi connectivity index (χ3v) is 3.90. The van der Waals surface area contributed by atoms with Gasteiger partial charge in [0.25, 0.3) is 0 Å². The number of ketones is 1. The van der Waals surface area contributed by atoms with Gasteiger partial charge in [0.15, 0.2) is 17.3 Å². The number of halogens is 2. The third kappa shape index (κ3) is 2.68. The van der Waals surface area contributed by atoms with Crippen LogP contribution >= 0.6 is 15.9 Å². The van der Waals surface area contributed by atoms with E-state index >= 15 is 0 Å². The maximum Gasteiger partial charge on any atom is 0.194 e. The van der Waals surface area contributed by atoms with Crippen molar-refractivity contribution >= 4 is 21.7 Å². The number of methoxy groups -OCH3 is 1. The minimum atomic E-state index is -0.544. The lowest BCUT2D eigenvalue weighted by Gasteiger charge is -2.07. The van der Waals surface area contributed by atoms with Gasteiger partial charge in [0.2, 0.25) is 0 Å². The molecule has 0 spiro atoms. The fourth-order valence-electron chi connectivity index (χ4n) is 1.79. The quantitative estimate of drug-likeness (QED) is 0.794. The van der Waals surface area contributed by atoms with Crippen LogP contribution in [0.2, 0.25) is 0 Å². The fraction of sp³-hybridized carbons (Fsp3) is 0.133. The molecule has 4 heteroatoms. The second-order valence-corrected chi connectivity index (χ2v) is 4.91. The van der Waals surface area contributed by atoms with E-state index in [4.69, 9.17) is 4.74 Å². The van der Waals surface area contributed by atoms with E-state index in [2.05, 4.69) is 15.9 Å². The van der Waals surface area contributed by atoms with E-state index in [0.717, 1.165) is 10.0 Å². The van der Waals surface area contributed by atoms with Crippen molar-refractivity contribution in [3.8, 4) is 5.75 Å². The largest absolute Gasteiger partial charge is 0.494 e. The molecule has 0 atom stereocenters. The van der Waals surface area contributed by atoms with Crippen molar-refractivity contribution in [2.24, 2.45) is 0 Å². The van der Waals surface area contributed by atoms with E-state index in [-0.39, 0.29) is 11.5 Å². The van der Waals surface area contributed by atoms with Gasteiger partial charge in [-0.2, -0.15) is 0 Å². The van der Waals surface area contributed by atoms with Gasteiger partial charge in [0, 0.05) is 15.6 Å². The second kappa shape index (κ2) is 5.53. The molecule has 0 radical (unpaired) electrons. The number of carbonyl (C=O) groups is 1. The third-order valence-electron chi connectivity index (χ3n) is 2.85. The Balaban J connectivity index is 2.44. The summed E-state index contributed by atoms with van der Waals surface area (Å²) in [6, 6.07) is 9.60. The minimum absolute atomic E-state index is 0.125. The molecule has 0 heterocycles. The number of carbonyl (C=O) groups excluding carboxylic acids is 1. The Morgan fingerprint density at radius 2 is 2.00 bits per heavy atom. The molecule has 2 aromatic rings. The molecule has 0 N–H and O–H groups in total. The molecule has 0 fully saturated rings. The van der Waals surface area contributed by atoms with Crippen LogP contribution in [0.15, 0.2) is 40.9 Å². The van der Waals surface area contributed by atoms with Gasteiger partial charge in [-0.15, -0.1) is 0 Å². The number of rotatable bonds is 3. The summed E-state index contributed by atoms with van der Waals surface area (Å²) in [6.07, 6.45) is 0. The summed E-state index contributed by atoms with van der Waals surface area (Å²) < 4.78 is 19.2. The predicted molar refractivity (Wildman–Crippen MR) is 75.3 cm³/mol. The highest BCUT2D eigenvalue weighted by atomic mass is 79.9. The molecule has 0 aliphatic heterocycles. The van der Waals surface area contributed by atoms with E-state index in [9.17, 15) is 9.18 Å². The Hall–Kier alpha value is -1.68. The summed E-state index contributed by atoms with van der Waals surface area (Å²) in [5.41, 5.74) is 1.77. The van der Waals surface area contributed by atoms with Gasteiger partial charge < -0.3 is 4.74 Å². The normalized spacial score (nSPS) is 10.3. The van der Waals surface area contributed by atoms with Crippen molar-refractivity contribution in [1.29, 1.82) is 0 Å². The molecule has 2 nitrogen and oxygen atoms in total. The van der Waals surface area contributed by atoms with Crippen molar-refractivity contribution in [2.75, 3.05) is 7.11 Å². The van der Waals surface area contributed by atoms with E-state index in [1.807, 2.05) is 13.0 Å². The number of hydrogen-bond donors (Lipinski definition) is 0. The van der Waals surface area contributed by atoms with Gasteiger partial charge in [-0.25, -0.2) is 4.39 Å². The van der Waals surface area contributed by atoms with Gasteiger partial charge in [-0.05, 0) is 52.7 Å². The molecular weight excluding hydrogens is 311 g/mol. The molecule has 98 valence electrons. The second-order valence-electron chi connectivity index (χ2n) is 4.11. The predicted octanol–water partition coefficient (Wildman–Crippen LogP) is 4.14. The van der Waals surface area contributed by atoms with E-state index in [1.165, 1.54) is 19.2 Å². The Kier molecular flexibility index (Phi) is 4.00. The monoisotopic (exact) mass is 322 g/mol. The van der Waals surface area contributed by atoms with Crippen molar-refractivity contribution in [1.82, 2.24) is 0 Å². The summed E-state index contributed by atoms with van der Waals surface area (Å²) in [4.78, 5) is 12.3. The first kappa shape index (κ1) is 13.7. The lowest BCUT2D eigenvalue weighted by Crippen LogP contribution is -2.04. The molecule has 0 aliphatic rings. The summed E-state index contributed by atoms with van der Waals surface area (Å²) in [7, 11) is 1.39. The van der Waals surface area contributed by atoms with Crippen LogP contribution in [0.4, 0.5) is 4.39 Å². The van der Waals surface area contributed by atoms with Crippen molar-refractivity contribution in [3.63, 3.8) is 0 Å². The summed E-state index contributed by atoms with van der Waals surface area (Å²) in [5.74, 6) is -0.644. The van der Waals surface area contributed by atoms with Gasteiger partial charge in [0.05, 0.1) is 7.11 Å². The van der Waals surface area contributed by atoms with Crippen LogP contribution in [0.3, 0.4) is 0 Å². The van der Waals surface area contributed by atoms with Crippen LogP contribution in [0.1, 0.15) is 21.5 Å². The topological polar surface area (TPSA) is 26.3 Å². The molecule has 0 bridgehead atoms. The highest BCUT2D eigenvalue weighted by Crippen LogP contribution is 2.25. The number of ether oxygens (including phenoxy) is 1. The highest BCUT2D eigenvalue weighted by Gasteiger charge is 2.15. The van der Waals surface area contributed by atoms with Gasteiger partial charge in [-0.3, -0.25) is 4.79 Å². The summed E-state index contributed by atoms with van der Waals surface area (Å²) in [5, 5.41) is 0. The average molecular weight is 323 g/mol. The first-order chi connectivity index (χ1) is 9.04. The lowest BCUT2D eigenvalue weighted by atomic mass is 10.0. The van der Waals surface area contributed by atoms with Crippen LogP contribution in [-0.2, 0) is 0 Å². The van der Waals surface area contributed by atoms with E-state index in [0.29, 0.717) is 11.1 Å². The van der Waals surface area contributed by atoms with Gasteiger partial charge in [-0.1, -0.05) is 12.1 Å². The Labute approximate surface area is 119 Å². The first-order valence-electron chi connectivity index (χ1n) is 5.68. The molecule has 0 saturated heterocycles. The maximum absolute atomic E-state index is 13.6. The van der Waals surface area contributed by atoms with E-state index in [1.54, 1.807) is 18.2 Å². The summed E-state index contributed by atoms with van der Waals surface area (Å²) in [6.45, 7) is 1.90. The van der Waals surface area contributed by atoms with Crippen LogP contribution in [0.5, 0.6) is 5.75 Å². The Morgan fingerprint density at radius 1 is 1.26 bits per heavy atom. The van der Waals surface area contributed by atoms with Gasteiger partial charge >= 0.3 is 0 Å². The fourth-order valence-corrected chi connectivity index (χ4v) is 2.23. The van der Waals surface area contributed by atoms with Gasteiger partial charge in [0.1, 0.15) is 0 Å². The maximum atomic E-state index is 13.6. The Morgan fingerprint density at radius 3 is 2.63 bits per heavy atom. The average Bonchev–Trinajstić information content (AvgIpc) is 2.41. The summed E-state index contributed by atoms with van der Waals surface area (Å²) >= 11 is 3.39. The lowest BCUT2D eigenvalue weighted by molar-refractivity contribution is 0.103. The van der Waals surface area contributed by atoms with Crippen LogP contribution in [0.25, 0.3) is 0 Å². The Bertz CT molecular complexity index is 638. The number of benzene rings is 2. The van der Waals surface area contributed by atoms with Crippen LogP contribution in [-0.4, -0.2) is 12.9 Å². The number of hydrogen-bond acceptors (Lipinski definition) is 2. The van der Waals surface area contributed by atoms with Crippen LogP contribution in [0, 0.1) is 12.7 Å². The van der Waals surface area contributed by atoms with Crippen molar-refractivity contribution in [2.45, 2.75) is 6.92 Å². The molecule has 2 rings (SSSR count). The molecule has 0 amide bonds. The zero-order valence-corrected chi connectivity index (χ0v) is 12.1. The standard InChI is InChI=1S/C15H12BrFO2/c1-9-4-3-5-11(14(9)16)15(18)10-6-7-13(19-2)12(17)8-10/h3-8H,1-2H3. The smallest absolute Gasteiger partial charge is 0.194 e. The first-order valence-corrected chi connectivity index (χ1v) is 6.47. The molecular formula is C15H12BrFO2. The number of aryl methyl sites for hydroxylation is 1.